The number of benzene rings is 3. The molecule has 2 saturated heterocycles. The third-order valence-electron chi connectivity index (χ3n) is 19.7. The van der Waals surface area contributed by atoms with Crippen molar-refractivity contribution in [1.82, 2.24) is 65.4 Å². The maximum Gasteiger partial charge on any atom is 0.255 e. The van der Waals surface area contributed by atoms with Gasteiger partial charge in [0.1, 0.15) is 65.7 Å². The lowest BCUT2D eigenvalue weighted by Gasteiger charge is -2.49. The minimum absolute atomic E-state index is 0.00923. The summed E-state index contributed by atoms with van der Waals surface area (Å²) in [7, 11) is 0. The number of carbonyl (C=O) groups excluding carboxylic acids is 3. The van der Waals surface area contributed by atoms with Crippen molar-refractivity contribution in [3.8, 4) is 11.5 Å². The minimum atomic E-state index is -1.52. The molecule has 14 rings (SSSR count). The highest BCUT2D eigenvalue weighted by Gasteiger charge is 2.58. The Morgan fingerprint density at radius 1 is 0.600 bits per heavy atom. The number of aliphatic hydroxyl groups excluding tert-OH is 6. The molecule has 8 aliphatic heterocycles. The van der Waals surface area contributed by atoms with Crippen LogP contribution < -0.4 is 25.2 Å². The highest BCUT2D eigenvalue weighted by Crippen LogP contribution is 2.63. The number of hydrogen-bond donors (Lipinski definition) is 8. The Balaban J connectivity index is 0.608. The van der Waals surface area contributed by atoms with Crippen molar-refractivity contribution in [3.05, 3.63) is 117 Å². The fourth-order valence-corrected chi connectivity index (χ4v) is 15.6. The summed E-state index contributed by atoms with van der Waals surface area (Å²) in [6.07, 6.45) is 2.21. The molecule has 508 valence electrons. The predicted octanol–water partition coefficient (Wildman–Crippen LogP) is -0.103. The van der Waals surface area contributed by atoms with Gasteiger partial charge in [-0.25, -0.2) is 14.0 Å². The Morgan fingerprint density at radius 2 is 1.06 bits per heavy atom. The fourth-order valence-electron chi connectivity index (χ4n) is 15.6. The summed E-state index contributed by atoms with van der Waals surface area (Å²) in [5.41, 5.74) is 12.2. The minimum Gasteiger partial charge on any atom is -0.456 e. The molecule has 3 aromatic carbocycles. The van der Waals surface area contributed by atoms with Crippen LogP contribution in [0.25, 0.3) is 0 Å². The van der Waals surface area contributed by atoms with E-state index in [0.717, 1.165) is 106 Å². The Morgan fingerprint density at radius 3 is 1.57 bits per heavy atom. The number of amides is 3. The van der Waals surface area contributed by atoms with Crippen molar-refractivity contribution < 1.29 is 73.4 Å². The van der Waals surface area contributed by atoms with E-state index in [4.69, 9.17) is 28.4 Å². The van der Waals surface area contributed by atoms with Crippen LogP contribution in [0.4, 0.5) is 11.4 Å². The van der Waals surface area contributed by atoms with Gasteiger partial charge in [0.25, 0.3) is 5.91 Å². The molecule has 3 amide bonds. The van der Waals surface area contributed by atoms with Crippen LogP contribution in [-0.4, -0.2) is 237 Å². The van der Waals surface area contributed by atoms with E-state index in [1.807, 2.05) is 17.0 Å². The van der Waals surface area contributed by atoms with E-state index >= 15 is 4.79 Å². The molecule has 0 saturated carbocycles. The molecule has 0 radical (unpaired) electrons. The van der Waals surface area contributed by atoms with Crippen LogP contribution in [-0.2, 0) is 90.7 Å². The number of carbonyl (C=O) groups is 3. The average Bonchev–Trinajstić information content (AvgIpc) is 1.61. The van der Waals surface area contributed by atoms with Gasteiger partial charge in [-0.3, -0.25) is 19.3 Å². The van der Waals surface area contributed by atoms with E-state index < -0.39 is 91.7 Å². The topological polar surface area (TPSA) is 357 Å². The molecule has 30 heteroatoms. The van der Waals surface area contributed by atoms with E-state index in [1.165, 1.54) is 56.8 Å². The fraction of sp³-hybridized carbons (Fsp3) is 0.585. The molecule has 11 heterocycles. The van der Waals surface area contributed by atoms with Crippen LogP contribution in [0, 0.1) is 0 Å². The summed E-state index contributed by atoms with van der Waals surface area (Å²) >= 11 is 0. The standard InChI is InChI=1S/C65H83N15O15/c1-37(83)66-52-58(87)56(85)50(35-81)93-63(52)79-33-42(69-72-79)30-74(31-43-34-80(73-70-43)64-53(67-38(2)84)59(88)57(86)51(36-82)94-64)29-41-32-77(71-68-41)19-21-90-23-25-92-26-24-91-22-20-78-62(89)44-11-3-4-14-47(44)65(78)48-27-39-9-5-15-75-17-7-12-45(54(39)75)60(48)95-61-46-13-8-18-76-16-6-10-40(55(46)76)28-49(61)65/h3-4,11,14,27-28,32-34,50-53,56-59,63-64,81-82,85-88H,5-10,12-13,15-26,29-31,35-36H2,1-2H3,(H,66,83)(H,67,84)/t50?,51?,52?,53?,56-,57+,58-,59+,63-,64-/m0/s1. The van der Waals surface area contributed by atoms with Gasteiger partial charge in [0.15, 0.2) is 12.5 Å². The Labute approximate surface area is 547 Å². The van der Waals surface area contributed by atoms with Crippen molar-refractivity contribution in [2.24, 2.45) is 0 Å². The lowest BCUT2D eigenvalue weighted by atomic mass is 9.70. The van der Waals surface area contributed by atoms with Gasteiger partial charge in [-0.1, -0.05) is 33.8 Å². The number of aromatic nitrogens is 9. The third-order valence-corrected chi connectivity index (χ3v) is 19.7. The molecule has 8 aliphatic rings. The summed E-state index contributed by atoms with van der Waals surface area (Å²) < 4.78 is 41.8. The van der Waals surface area contributed by atoms with Gasteiger partial charge in [0, 0.05) is 112 Å². The van der Waals surface area contributed by atoms with Gasteiger partial charge < -0.3 is 84.4 Å². The molecule has 3 aromatic heterocycles. The quantitative estimate of drug-likeness (QED) is 0.0367. The summed E-state index contributed by atoms with van der Waals surface area (Å²) in [6.45, 7) is 8.39. The zero-order chi connectivity index (χ0) is 65.6. The highest BCUT2D eigenvalue weighted by molar-refractivity contribution is 6.03. The first-order valence-electron chi connectivity index (χ1n) is 33.1. The van der Waals surface area contributed by atoms with E-state index in [9.17, 15) is 40.2 Å². The maximum absolute atomic E-state index is 15.2. The first-order chi connectivity index (χ1) is 46.2. The molecule has 1 spiro atoms. The highest BCUT2D eigenvalue weighted by atomic mass is 16.6. The van der Waals surface area contributed by atoms with Crippen LogP contribution in [0.15, 0.2) is 55.0 Å². The largest absolute Gasteiger partial charge is 0.456 e. The number of fused-ring (bicyclic) bond motifs is 8. The zero-order valence-corrected chi connectivity index (χ0v) is 53.3. The predicted molar refractivity (Wildman–Crippen MR) is 335 cm³/mol. The summed E-state index contributed by atoms with van der Waals surface area (Å²) in [5.74, 6) is 0.841. The summed E-state index contributed by atoms with van der Waals surface area (Å²) in [5, 5.41) is 94.3. The van der Waals surface area contributed by atoms with Crippen molar-refractivity contribution >= 4 is 29.1 Å². The molecule has 6 aromatic rings. The Bertz CT molecular complexity index is 3610. The van der Waals surface area contributed by atoms with E-state index in [2.05, 4.69) is 80.5 Å². The number of aliphatic hydroxyl groups is 6. The molecule has 8 N–H and O–H groups in total. The van der Waals surface area contributed by atoms with Crippen LogP contribution in [0.3, 0.4) is 0 Å². The molecule has 30 nitrogen and oxygen atoms in total. The lowest BCUT2D eigenvalue weighted by molar-refractivity contribution is -0.219. The molecule has 95 heavy (non-hydrogen) atoms. The van der Waals surface area contributed by atoms with Gasteiger partial charge in [-0.2, -0.15) is 0 Å². The second-order valence-corrected chi connectivity index (χ2v) is 25.9. The van der Waals surface area contributed by atoms with Crippen molar-refractivity contribution in [3.63, 3.8) is 0 Å². The van der Waals surface area contributed by atoms with Crippen LogP contribution >= 0.6 is 0 Å². The normalized spacial score (nSPS) is 25.4. The molecule has 4 unspecified atom stereocenters. The second-order valence-electron chi connectivity index (χ2n) is 25.9. The second kappa shape index (κ2) is 27.5. The SMILES string of the molecule is CC(=O)NC1[C@@H](O)[C@H](O)C(CO)O[C@@H]1n1cc(CN(Cc2cn(CCOCCOCCOCCN3C(=O)c4ccccc4C34c3cc5c6c(c3Oc3c4cc4c7c3CCCN7CCC4)CCCN6CCC5)nn2)Cc2cn([C@H]3OC(CO)[C@H](O)[C@@H](O)C3NC(C)=O)nn2)nn1. The van der Waals surface area contributed by atoms with Gasteiger partial charge >= 0.3 is 0 Å². The summed E-state index contributed by atoms with van der Waals surface area (Å²) in [4.78, 5) is 48.7. The Kier molecular flexibility index (Phi) is 18.7. The molecule has 2 fully saturated rings. The monoisotopic (exact) mass is 1310 g/mol. The van der Waals surface area contributed by atoms with Gasteiger partial charge in [0.2, 0.25) is 11.8 Å². The number of ether oxygens (including phenoxy) is 6. The number of aryl methyl sites for hydroxylation is 2. The molecule has 0 bridgehead atoms. The van der Waals surface area contributed by atoms with Crippen LogP contribution in [0.2, 0.25) is 0 Å². The number of anilines is 2. The van der Waals surface area contributed by atoms with E-state index in [0.29, 0.717) is 75.4 Å². The van der Waals surface area contributed by atoms with Gasteiger partial charge in [-0.15, -0.1) is 15.3 Å². The number of hydrogen-bond acceptors (Lipinski definition) is 24. The third kappa shape index (κ3) is 12.2. The smallest absolute Gasteiger partial charge is 0.255 e. The summed E-state index contributed by atoms with van der Waals surface area (Å²) in [6, 6.07) is 10.7. The van der Waals surface area contributed by atoms with E-state index in [-0.39, 0.29) is 25.5 Å². The number of nitrogens with zero attached hydrogens (tertiary/aromatic N) is 13. The van der Waals surface area contributed by atoms with Crippen molar-refractivity contribution in [2.75, 3.05) is 95.4 Å². The zero-order valence-electron chi connectivity index (χ0n) is 53.3. The van der Waals surface area contributed by atoms with E-state index in [1.54, 1.807) is 23.3 Å². The first-order valence-corrected chi connectivity index (χ1v) is 33.1. The molecular formula is C65H83N15O15. The number of rotatable bonds is 24. The maximum atomic E-state index is 15.2. The first kappa shape index (κ1) is 64.7. The van der Waals surface area contributed by atoms with Crippen LogP contribution in [0.5, 0.6) is 11.5 Å². The van der Waals surface area contributed by atoms with Crippen LogP contribution in [0.1, 0.15) is 118 Å². The molecule has 10 atom stereocenters. The van der Waals surface area contributed by atoms with Gasteiger partial charge in [-0.05, 0) is 86.3 Å². The van der Waals surface area contributed by atoms with Crippen molar-refractivity contribution in [2.45, 2.75) is 158 Å². The Hall–Kier alpha value is -7.59. The average molecular weight is 1310 g/mol. The van der Waals surface area contributed by atoms with Gasteiger partial charge in [0.05, 0.1) is 88.9 Å². The number of nitrogens with one attached hydrogen (secondary N) is 2. The molecule has 0 aliphatic carbocycles. The molecular weight excluding hydrogens is 1230 g/mol. The van der Waals surface area contributed by atoms with Crippen molar-refractivity contribution in [1.29, 1.82) is 0 Å². The lowest BCUT2D eigenvalue weighted by Crippen LogP contribution is -2.62.